The van der Waals surface area contributed by atoms with Crippen molar-refractivity contribution in [2.24, 2.45) is 5.41 Å². The van der Waals surface area contributed by atoms with Crippen LogP contribution in [0.15, 0.2) is 24.8 Å². The van der Waals surface area contributed by atoms with E-state index < -0.39 is 0 Å². The van der Waals surface area contributed by atoms with E-state index in [2.05, 4.69) is 44.5 Å². The van der Waals surface area contributed by atoms with Gasteiger partial charge in [-0.2, -0.15) is 0 Å². The van der Waals surface area contributed by atoms with Crippen molar-refractivity contribution in [3.8, 4) is 0 Å². The van der Waals surface area contributed by atoms with Gasteiger partial charge in [-0.25, -0.2) is 9.97 Å². The second kappa shape index (κ2) is 4.44. The molecule has 1 aliphatic heterocycles. The molecule has 3 heterocycles. The van der Waals surface area contributed by atoms with Crippen LogP contribution in [-0.4, -0.2) is 26.1 Å². The molecule has 1 saturated carbocycles. The second-order valence-electron chi connectivity index (χ2n) is 6.64. The number of hydrogen-bond donors (Lipinski definition) is 0. The highest BCUT2D eigenvalue weighted by Gasteiger charge is 2.50. The molecule has 2 aromatic rings. The van der Waals surface area contributed by atoms with Gasteiger partial charge in [-0.1, -0.05) is 25.4 Å². The van der Waals surface area contributed by atoms with Gasteiger partial charge < -0.3 is 9.47 Å². The zero-order chi connectivity index (χ0) is 14.6. The predicted octanol–water partition coefficient (Wildman–Crippen LogP) is 3.25. The Kier molecular flexibility index (Phi) is 2.76. The van der Waals surface area contributed by atoms with E-state index in [9.17, 15) is 0 Å². The molecule has 0 radical (unpaired) electrons. The third-order valence-corrected chi connectivity index (χ3v) is 4.58. The molecule has 2 aromatic heterocycles. The summed E-state index contributed by atoms with van der Waals surface area (Å²) in [6.45, 7) is 5.49. The maximum absolute atomic E-state index is 5.98. The number of anilines is 1. The van der Waals surface area contributed by atoms with Gasteiger partial charge in [0.2, 0.25) is 0 Å². The van der Waals surface area contributed by atoms with Crippen LogP contribution in [0.25, 0.3) is 0 Å². The average molecular weight is 304 g/mol. The molecule has 21 heavy (non-hydrogen) atoms. The normalized spacial score (nSPS) is 24.0. The van der Waals surface area contributed by atoms with E-state index in [4.69, 9.17) is 11.6 Å². The summed E-state index contributed by atoms with van der Waals surface area (Å²) in [5.74, 6) is 1.97. The molecule has 0 amide bonds. The van der Waals surface area contributed by atoms with Crippen LogP contribution in [0.2, 0.25) is 5.15 Å². The molecule has 0 bridgehead atoms. The maximum Gasteiger partial charge on any atom is 0.149 e. The molecule has 0 spiro atoms. The summed E-state index contributed by atoms with van der Waals surface area (Å²) in [7, 11) is 0. The Morgan fingerprint density at radius 3 is 2.76 bits per heavy atom. The fourth-order valence-corrected chi connectivity index (χ4v) is 3.44. The smallest absolute Gasteiger partial charge is 0.149 e. The Morgan fingerprint density at radius 1 is 1.29 bits per heavy atom. The minimum Gasteiger partial charge on any atom is -0.344 e. The molecular formula is C15H18ClN5. The molecule has 2 aliphatic rings. The van der Waals surface area contributed by atoms with Crippen LogP contribution in [0.5, 0.6) is 0 Å². The van der Waals surface area contributed by atoms with Gasteiger partial charge in [0.25, 0.3) is 0 Å². The zero-order valence-electron chi connectivity index (χ0n) is 12.2. The summed E-state index contributed by atoms with van der Waals surface area (Å²) in [5.41, 5.74) is 0.169. The SMILES string of the molecule is CC1(C)CN(c2cncc(Cl)n2)C1c1nccn1C1CC1. The summed E-state index contributed by atoms with van der Waals surface area (Å²) < 4.78 is 2.33. The lowest BCUT2D eigenvalue weighted by molar-refractivity contribution is 0.166. The number of halogens is 1. The Hall–Kier alpha value is -1.62. The Balaban J connectivity index is 1.71. The van der Waals surface area contributed by atoms with Crippen LogP contribution in [-0.2, 0) is 0 Å². The highest BCUT2D eigenvalue weighted by atomic mass is 35.5. The molecule has 0 aromatic carbocycles. The van der Waals surface area contributed by atoms with E-state index >= 15 is 0 Å². The first-order valence-electron chi connectivity index (χ1n) is 7.33. The van der Waals surface area contributed by atoms with Crippen LogP contribution in [0.3, 0.4) is 0 Å². The molecule has 5 nitrogen and oxygen atoms in total. The number of rotatable bonds is 3. The van der Waals surface area contributed by atoms with Gasteiger partial charge in [-0.15, -0.1) is 0 Å². The first kappa shape index (κ1) is 13.1. The van der Waals surface area contributed by atoms with Crippen molar-refractivity contribution < 1.29 is 0 Å². The summed E-state index contributed by atoms with van der Waals surface area (Å²) >= 11 is 5.98. The quantitative estimate of drug-likeness (QED) is 0.873. The van der Waals surface area contributed by atoms with E-state index in [1.165, 1.54) is 12.8 Å². The minimum absolute atomic E-state index is 0.169. The van der Waals surface area contributed by atoms with Crippen LogP contribution >= 0.6 is 11.6 Å². The van der Waals surface area contributed by atoms with Crippen molar-refractivity contribution in [2.45, 2.75) is 38.8 Å². The minimum atomic E-state index is 0.169. The maximum atomic E-state index is 5.98. The Bertz CT molecular complexity index is 676. The highest BCUT2D eigenvalue weighted by Crippen LogP contribution is 2.51. The topological polar surface area (TPSA) is 46.8 Å². The Labute approximate surface area is 129 Å². The second-order valence-corrected chi connectivity index (χ2v) is 7.03. The fraction of sp³-hybridized carbons (Fsp3) is 0.533. The number of imidazole rings is 1. The van der Waals surface area contributed by atoms with Gasteiger partial charge in [0, 0.05) is 30.4 Å². The predicted molar refractivity (Wildman–Crippen MR) is 81.4 cm³/mol. The molecule has 1 unspecified atom stereocenters. The Morgan fingerprint density at radius 2 is 2.10 bits per heavy atom. The molecule has 4 rings (SSSR count). The average Bonchev–Trinajstić information content (AvgIpc) is 3.17. The lowest BCUT2D eigenvalue weighted by Crippen LogP contribution is -2.57. The van der Waals surface area contributed by atoms with Gasteiger partial charge in [0.05, 0.1) is 18.4 Å². The van der Waals surface area contributed by atoms with Crippen molar-refractivity contribution in [1.29, 1.82) is 0 Å². The highest BCUT2D eigenvalue weighted by molar-refractivity contribution is 6.29. The number of hydrogen-bond acceptors (Lipinski definition) is 4. The van der Waals surface area contributed by atoms with Gasteiger partial charge >= 0.3 is 0 Å². The fourth-order valence-electron chi connectivity index (χ4n) is 3.30. The first-order valence-corrected chi connectivity index (χ1v) is 7.71. The standard InChI is InChI=1S/C15H18ClN5/c1-15(2)9-21(12-8-17-7-11(16)19-12)13(15)14-18-5-6-20(14)10-3-4-10/h5-8,10,13H,3-4,9H2,1-2H3. The monoisotopic (exact) mass is 303 g/mol. The third-order valence-electron chi connectivity index (χ3n) is 4.40. The summed E-state index contributed by atoms with van der Waals surface area (Å²) in [5, 5.41) is 0.432. The molecule has 6 heteroatoms. The molecule has 110 valence electrons. The zero-order valence-corrected chi connectivity index (χ0v) is 13.0. The van der Waals surface area contributed by atoms with Gasteiger partial charge in [0.15, 0.2) is 0 Å². The van der Waals surface area contributed by atoms with E-state index in [1.54, 1.807) is 12.4 Å². The van der Waals surface area contributed by atoms with Gasteiger partial charge in [-0.05, 0) is 12.8 Å². The largest absolute Gasteiger partial charge is 0.344 e. The third kappa shape index (κ3) is 2.11. The van der Waals surface area contributed by atoms with E-state index in [-0.39, 0.29) is 11.5 Å². The van der Waals surface area contributed by atoms with Crippen molar-refractivity contribution >= 4 is 17.4 Å². The van der Waals surface area contributed by atoms with Crippen LogP contribution in [0.1, 0.15) is 44.6 Å². The molecule has 1 atom stereocenters. The van der Waals surface area contributed by atoms with Crippen LogP contribution in [0.4, 0.5) is 5.82 Å². The van der Waals surface area contributed by atoms with Crippen molar-refractivity contribution in [1.82, 2.24) is 19.5 Å². The number of nitrogens with zero attached hydrogens (tertiary/aromatic N) is 5. The molecule has 1 aliphatic carbocycles. The number of aromatic nitrogens is 4. The lowest BCUT2D eigenvalue weighted by Gasteiger charge is -2.54. The summed E-state index contributed by atoms with van der Waals surface area (Å²) in [4.78, 5) is 15.4. The molecule has 2 fully saturated rings. The van der Waals surface area contributed by atoms with E-state index in [1.807, 2.05) is 6.20 Å². The lowest BCUT2D eigenvalue weighted by atomic mass is 9.74. The summed E-state index contributed by atoms with van der Waals surface area (Å²) in [6, 6.07) is 0.854. The van der Waals surface area contributed by atoms with Gasteiger partial charge in [-0.3, -0.25) is 4.98 Å². The van der Waals surface area contributed by atoms with Crippen molar-refractivity contribution in [3.63, 3.8) is 0 Å². The van der Waals surface area contributed by atoms with E-state index in [0.717, 1.165) is 18.2 Å². The van der Waals surface area contributed by atoms with Crippen LogP contribution < -0.4 is 4.90 Å². The first-order chi connectivity index (χ1) is 10.1. The van der Waals surface area contributed by atoms with Gasteiger partial charge in [0.1, 0.15) is 16.8 Å². The molecular weight excluding hydrogens is 286 g/mol. The molecule has 1 saturated heterocycles. The van der Waals surface area contributed by atoms with Crippen LogP contribution in [0, 0.1) is 5.41 Å². The van der Waals surface area contributed by atoms with Crippen molar-refractivity contribution in [3.05, 3.63) is 35.8 Å². The van der Waals surface area contributed by atoms with E-state index in [0.29, 0.717) is 11.2 Å². The molecule has 0 N–H and O–H groups in total. The summed E-state index contributed by atoms with van der Waals surface area (Å²) in [6.07, 6.45) is 9.86. The van der Waals surface area contributed by atoms with Crippen molar-refractivity contribution in [2.75, 3.05) is 11.4 Å².